The predicted octanol–water partition coefficient (Wildman–Crippen LogP) is 2.93. The van der Waals surface area contributed by atoms with Crippen LogP contribution in [0, 0.1) is 5.82 Å². The van der Waals surface area contributed by atoms with Crippen LogP contribution in [-0.2, 0) is 11.3 Å². The van der Waals surface area contributed by atoms with Crippen molar-refractivity contribution < 1.29 is 18.7 Å². The summed E-state index contributed by atoms with van der Waals surface area (Å²) in [5.41, 5.74) is 1.69. The lowest BCUT2D eigenvalue weighted by atomic mass is 10.2. The average Bonchev–Trinajstić information content (AvgIpc) is 2.59. The molecule has 1 heterocycles. The maximum Gasteiger partial charge on any atom is 0.244 e. The van der Waals surface area contributed by atoms with Crippen LogP contribution in [0.4, 0.5) is 4.39 Å². The number of halogens is 1. The van der Waals surface area contributed by atoms with E-state index < -0.39 is 0 Å². The van der Waals surface area contributed by atoms with Gasteiger partial charge in [0.2, 0.25) is 5.91 Å². The summed E-state index contributed by atoms with van der Waals surface area (Å²) < 4.78 is 23.7. The van der Waals surface area contributed by atoms with Crippen molar-refractivity contribution in [2.45, 2.75) is 6.54 Å². The fourth-order valence-corrected chi connectivity index (χ4v) is 2.19. The lowest BCUT2D eigenvalue weighted by molar-refractivity contribution is -0.116. The highest BCUT2D eigenvalue weighted by atomic mass is 19.1. The smallest absolute Gasteiger partial charge is 0.244 e. The fourth-order valence-electron chi connectivity index (χ4n) is 2.19. The third-order valence-corrected chi connectivity index (χ3v) is 3.37. The Morgan fingerprint density at radius 3 is 2.61 bits per heavy atom. The Balaban J connectivity index is 1.55. The van der Waals surface area contributed by atoms with E-state index >= 15 is 0 Å². The first kappa shape index (κ1) is 15.1. The zero-order chi connectivity index (χ0) is 16.1. The maximum absolute atomic E-state index is 12.8. The Kier molecular flexibility index (Phi) is 4.57. The van der Waals surface area contributed by atoms with Crippen LogP contribution in [0.25, 0.3) is 6.08 Å². The molecule has 23 heavy (non-hydrogen) atoms. The van der Waals surface area contributed by atoms with E-state index in [0.717, 1.165) is 16.9 Å². The SMILES string of the molecule is O=C(/C=C/c1ccc(F)cc1)NCc1ccc2c(c1)OCCO2. The summed E-state index contributed by atoms with van der Waals surface area (Å²) in [6.07, 6.45) is 3.06. The standard InChI is InChI=1S/C18H16FNO3/c19-15-5-1-13(2-6-15)4-8-18(21)20-12-14-3-7-16-17(11-14)23-10-9-22-16/h1-8,11H,9-10,12H2,(H,20,21)/b8-4+. The zero-order valence-electron chi connectivity index (χ0n) is 12.4. The lowest BCUT2D eigenvalue weighted by Gasteiger charge is -2.18. The maximum atomic E-state index is 12.8. The molecule has 0 saturated heterocycles. The van der Waals surface area contributed by atoms with Crippen molar-refractivity contribution in [2.24, 2.45) is 0 Å². The second-order valence-electron chi connectivity index (χ2n) is 5.08. The first-order valence-electron chi connectivity index (χ1n) is 7.31. The van der Waals surface area contributed by atoms with Crippen LogP contribution in [0.1, 0.15) is 11.1 Å². The molecule has 0 radical (unpaired) electrons. The van der Waals surface area contributed by atoms with Crippen LogP contribution >= 0.6 is 0 Å². The highest BCUT2D eigenvalue weighted by Gasteiger charge is 2.11. The minimum Gasteiger partial charge on any atom is -0.486 e. The van der Waals surface area contributed by atoms with Crippen LogP contribution in [-0.4, -0.2) is 19.1 Å². The molecular formula is C18H16FNO3. The van der Waals surface area contributed by atoms with Gasteiger partial charge in [0.25, 0.3) is 0 Å². The summed E-state index contributed by atoms with van der Waals surface area (Å²) in [6.45, 7) is 1.48. The normalized spacial score (nSPS) is 13.1. The molecule has 0 fully saturated rings. The molecule has 1 aliphatic heterocycles. The van der Waals surface area contributed by atoms with Crippen molar-refractivity contribution in [3.05, 3.63) is 65.5 Å². The highest BCUT2D eigenvalue weighted by Crippen LogP contribution is 2.30. The number of fused-ring (bicyclic) bond motifs is 1. The van der Waals surface area contributed by atoms with Crippen molar-refractivity contribution >= 4 is 12.0 Å². The van der Waals surface area contributed by atoms with Crippen molar-refractivity contribution in [1.82, 2.24) is 5.32 Å². The molecule has 2 aromatic carbocycles. The van der Waals surface area contributed by atoms with Crippen molar-refractivity contribution in [3.8, 4) is 11.5 Å². The second-order valence-corrected chi connectivity index (χ2v) is 5.08. The second kappa shape index (κ2) is 6.96. The molecule has 118 valence electrons. The van der Waals surface area contributed by atoms with Gasteiger partial charge in [-0.05, 0) is 41.5 Å². The molecule has 4 nitrogen and oxygen atoms in total. The molecular weight excluding hydrogens is 297 g/mol. The summed E-state index contributed by atoms with van der Waals surface area (Å²) in [7, 11) is 0. The molecule has 0 aliphatic carbocycles. The summed E-state index contributed by atoms with van der Waals surface area (Å²) in [4.78, 5) is 11.8. The number of carbonyl (C=O) groups is 1. The Labute approximate surface area is 133 Å². The van der Waals surface area contributed by atoms with E-state index in [1.807, 2.05) is 18.2 Å². The Bertz CT molecular complexity index is 726. The topological polar surface area (TPSA) is 47.6 Å². The quantitative estimate of drug-likeness (QED) is 0.883. The number of ether oxygens (including phenoxy) is 2. The van der Waals surface area contributed by atoms with E-state index in [-0.39, 0.29) is 11.7 Å². The monoisotopic (exact) mass is 313 g/mol. The van der Waals surface area contributed by atoms with Gasteiger partial charge >= 0.3 is 0 Å². The van der Waals surface area contributed by atoms with Gasteiger partial charge in [-0.25, -0.2) is 4.39 Å². The Hall–Kier alpha value is -2.82. The van der Waals surface area contributed by atoms with Gasteiger partial charge in [0, 0.05) is 12.6 Å². The number of carbonyl (C=O) groups excluding carboxylic acids is 1. The van der Waals surface area contributed by atoms with Crippen LogP contribution in [0.2, 0.25) is 0 Å². The summed E-state index contributed by atoms with van der Waals surface area (Å²) in [5.74, 6) is 0.904. The van der Waals surface area contributed by atoms with Gasteiger partial charge in [-0.3, -0.25) is 4.79 Å². The van der Waals surface area contributed by atoms with E-state index in [0.29, 0.717) is 25.5 Å². The minimum absolute atomic E-state index is 0.218. The van der Waals surface area contributed by atoms with Gasteiger partial charge in [0.05, 0.1) is 0 Å². The number of hydrogen-bond acceptors (Lipinski definition) is 3. The molecule has 1 aliphatic rings. The van der Waals surface area contributed by atoms with Crippen LogP contribution in [0.15, 0.2) is 48.5 Å². The van der Waals surface area contributed by atoms with Crippen LogP contribution < -0.4 is 14.8 Å². The van der Waals surface area contributed by atoms with Gasteiger partial charge in [0.15, 0.2) is 11.5 Å². The van der Waals surface area contributed by atoms with Crippen molar-refractivity contribution in [2.75, 3.05) is 13.2 Å². The largest absolute Gasteiger partial charge is 0.486 e. The average molecular weight is 313 g/mol. The molecule has 0 unspecified atom stereocenters. The van der Waals surface area contributed by atoms with E-state index in [2.05, 4.69) is 5.32 Å². The van der Waals surface area contributed by atoms with E-state index in [9.17, 15) is 9.18 Å². The Morgan fingerprint density at radius 1 is 1.09 bits per heavy atom. The first-order chi connectivity index (χ1) is 11.2. The molecule has 0 aromatic heterocycles. The molecule has 0 saturated carbocycles. The van der Waals surface area contributed by atoms with Crippen LogP contribution in [0.3, 0.4) is 0 Å². The molecule has 0 bridgehead atoms. The summed E-state index contributed by atoms with van der Waals surface area (Å²) in [5, 5.41) is 2.79. The van der Waals surface area contributed by atoms with Gasteiger partial charge in [-0.1, -0.05) is 18.2 Å². The fraction of sp³-hybridized carbons (Fsp3) is 0.167. The summed E-state index contributed by atoms with van der Waals surface area (Å²) >= 11 is 0. The van der Waals surface area contributed by atoms with Gasteiger partial charge < -0.3 is 14.8 Å². The number of benzene rings is 2. The third kappa shape index (κ3) is 4.10. The predicted molar refractivity (Wildman–Crippen MR) is 84.7 cm³/mol. The molecule has 0 atom stereocenters. The van der Waals surface area contributed by atoms with Gasteiger partial charge in [0.1, 0.15) is 19.0 Å². The lowest BCUT2D eigenvalue weighted by Crippen LogP contribution is -2.20. The molecule has 1 N–H and O–H groups in total. The number of nitrogens with one attached hydrogen (secondary N) is 1. The van der Waals surface area contributed by atoms with Crippen LogP contribution in [0.5, 0.6) is 11.5 Å². The Morgan fingerprint density at radius 2 is 1.83 bits per heavy atom. The zero-order valence-corrected chi connectivity index (χ0v) is 12.4. The highest BCUT2D eigenvalue weighted by molar-refractivity contribution is 5.91. The molecule has 3 rings (SSSR count). The van der Waals surface area contributed by atoms with E-state index in [1.165, 1.54) is 18.2 Å². The molecule has 0 spiro atoms. The first-order valence-corrected chi connectivity index (χ1v) is 7.31. The number of amides is 1. The number of rotatable bonds is 4. The minimum atomic E-state index is -0.301. The van der Waals surface area contributed by atoms with Crippen molar-refractivity contribution in [1.29, 1.82) is 0 Å². The van der Waals surface area contributed by atoms with E-state index in [1.54, 1.807) is 18.2 Å². The molecule has 1 amide bonds. The van der Waals surface area contributed by atoms with Crippen molar-refractivity contribution in [3.63, 3.8) is 0 Å². The van der Waals surface area contributed by atoms with E-state index in [4.69, 9.17) is 9.47 Å². The molecule has 2 aromatic rings. The van der Waals surface area contributed by atoms with Gasteiger partial charge in [-0.2, -0.15) is 0 Å². The number of hydrogen-bond donors (Lipinski definition) is 1. The molecule has 5 heteroatoms. The summed E-state index contributed by atoms with van der Waals surface area (Å²) in [6, 6.07) is 11.5. The third-order valence-electron chi connectivity index (χ3n) is 3.37. The van der Waals surface area contributed by atoms with Gasteiger partial charge in [-0.15, -0.1) is 0 Å².